The summed E-state index contributed by atoms with van der Waals surface area (Å²) in [7, 11) is 1.47. The molecule has 1 N–H and O–H groups in total. The Morgan fingerprint density at radius 1 is 1.05 bits per heavy atom. The Morgan fingerprint density at radius 3 is 2.39 bits per heavy atom. The van der Waals surface area contributed by atoms with Crippen molar-refractivity contribution in [2.45, 2.75) is 26.8 Å². The van der Waals surface area contributed by atoms with Gasteiger partial charge in [0.15, 0.2) is 0 Å². The maximum absolute atomic E-state index is 13.4. The fraction of sp³-hybridized carbons (Fsp3) is 0.233. The molecule has 4 rings (SSSR count). The molecule has 1 atom stereocenters. The van der Waals surface area contributed by atoms with Gasteiger partial charge in [0.2, 0.25) is 0 Å². The first-order valence-electron chi connectivity index (χ1n) is 12.1. The maximum atomic E-state index is 13.4. The lowest BCUT2D eigenvalue weighted by atomic mass is 9.94. The summed E-state index contributed by atoms with van der Waals surface area (Å²) in [4.78, 5) is 40.5. The molecule has 1 unspecified atom stereocenters. The van der Waals surface area contributed by atoms with Crippen molar-refractivity contribution in [3.05, 3.63) is 99.6 Å². The monoisotopic (exact) mass is 533 g/mol. The number of halogens is 1. The zero-order chi connectivity index (χ0) is 27.6. The number of methoxy groups -OCH3 is 1. The molecule has 1 amide bonds. The molecule has 1 saturated heterocycles. The van der Waals surface area contributed by atoms with E-state index in [1.165, 1.54) is 18.1 Å². The van der Waals surface area contributed by atoms with Crippen LogP contribution in [0.2, 0.25) is 5.02 Å². The Balaban J connectivity index is 1.84. The Hall–Kier alpha value is -4.10. The largest absolute Gasteiger partial charge is 0.507 e. The minimum Gasteiger partial charge on any atom is -0.507 e. The van der Waals surface area contributed by atoms with Gasteiger partial charge >= 0.3 is 5.97 Å². The fourth-order valence-corrected chi connectivity index (χ4v) is 4.50. The predicted octanol–water partition coefficient (Wildman–Crippen LogP) is 6.10. The number of anilines is 1. The highest BCUT2D eigenvalue weighted by Crippen LogP contribution is 2.43. The van der Waals surface area contributed by atoms with E-state index in [0.29, 0.717) is 22.6 Å². The van der Waals surface area contributed by atoms with Gasteiger partial charge in [-0.1, -0.05) is 55.3 Å². The average molecular weight is 534 g/mol. The summed E-state index contributed by atoms with van der Waals surface area (Å²) in [5.74, 6) is -1.93. The first-order valence-corrected chi connectivity index (χ1v) is 12.5. The van der Waals surface area contributed by atoms with Gasteiger partial charge in [0, 0.05) is 11.3 Å². The number of hydrogen-bond acceptors (Lipinski definition) is 6. The zero-order valence-corrected chi connectivity index (χ0v) is 22.3. The molecule has 8 heteroatoms. The lowest BCUT2D eigenvalue weighted by Crippen LogP contribution is -2.29. The van der Waals surface area contributed by atoms with Gasteiger partial charge in [0.05, 0.1) is 35.9 Å². The summed E-state index contributed by atoms with van der Waals surface area (Å²) in [5, 5.41) is 11.6. The Kier molecular flexibility index (Phi) is 7.88. The van der Waals surface area contributed by atoms with Crippen molar-refractivity contribution in [1.82, 2.24) is 0 Å². The summed E-state index contributed by atoms with van der Waals surface area (Å²) in [5.41, 5.74) is 2.32. The van der Waals surface area contributed by atoms with E-state index in [9.17, 15) is 19.5 Å². The normalized spacial score (nSPS) is 16.7. The van der Waals surface area contributed by atoms with Crippen LogP contribution in [0.1, 0.15) is 46.9 Å². The number of ether oxygens (including phenoxy) is 2. The van der Waals surface area contributed by atoms with Crippen molar-refractivity contribution < 1.29 is 29.0 Å². The van der Waals surface area contributed by atoms with Crippen LogP contribution in [0.4, 0.5) is 5.69 Å². The molecule has 3 aromatic rings. The van der Waals surface area contributed by atoms with Gasteiger partial charge in [0.25, 0.3) is 11.7 Å². The third kappa shape index (κ3) is 5.29. The molecular weight excluding hydrogens is 506 g/mol. The second-order valence-electron chi connectivity index (χ2n) is 9.47. The number of Topliss-reactive ketones (excluding diaryl/α,β-unsaturated/α-hetero) is 1. The van der Waals surface area contributed by atoms with Crippen molar-refractivity contribution in [3.63, 3.8) is 0 Å². The average Bonchev–Trinajstić information content (AvgIpc) is 3.17. The van der Waals surface area contributed by atoms with Crippen LogP contribution in [0.25, 0.3) is 5.76 Å². The van der Waals surface area contributed by atoms with E-state index in [-0.39, 0.29) is 28.7 Å². The van der Waals surface area contributed by atoms with Crippen LogP contribution >= 0.6 is 11.6 Å². The molecule has 1 aliphatic heterocycles. The highest BCUT2D eigenvalue weighted by molar-refractivity contribution is 6.52. The molecule has 0 radical (unpaired) electrons. The topological polar surface area (TPSA) is 93.1 Å². The molecule has 0 bridgehead atoms. The van der Waals surface area contributed by atoms with Crippen molar-refractivity contribution >= 4 is 40.7 Å². The Labute approximate surface area is 226 Å². The number of benzene rings is 3. The number of amides is 1. The summed E-state index contributed by atoms with van der Waals surface area (Å²) in [6.45, 7) is 6.07. The fourth-order valence-electron chi connectivity index (χ4n) is 4.30. The van der Waals surface area contributed by atoms with Crippen LogP contribution in [-0.4, -0.2) is 36.5 Å². The molecule has 1 fully saturated rings. The minimum atomic E-state index is -0.934. The predicted molar refractivity (Wildman–Crippen MR) is 146 cm³/mol. The lowest BCUT2D eigenvalue weighted by molar-refractivity contribution is -0.132. The third-order valence-electron chi connectivity index (χ3n) is 6.16. The number of carbonyl (C=O) groups excluding carboxylic acids is 3. The van der Waals surface area contributed by atoms with E-state index in [2.05, 4.69) is 0 Å². The number of ketones is 1. The van der Waals surface area contributed by atoms with E-state index in [1.54, 1.807) is 42.5 Å². The number of aliphatic hydroxyl groups is 1. The van der Waals surface area contributed by atoms with E-state index in [4.69, 9.17) is 21.1 Å². The van der Waals surface area contributed by atoms with E-state index < -0.39 is 29.5 Å². The molecule has 0 aromatic heterocycles. The SMILES string of the molecule is COc1ccc(Cl)c(/C(O)=C2\C(=O)C(=O)N(c3ccc(C(=O)OCC(C)C)cc3)C2c2cccc(C)c2)c1. The molecule has 1 aliphatic rings. The molecule has 0 saturated carbocycles. The van der Waals surface area contributed by atoms with Crippen LogP contribution in [0.3, 0.4) is 0 Å². The van der Waals surface area contributed by atoms with Gasteiger partial charge in [-0.15, -0.1) is 0 Å². The van der Waals surface area contributed by atoms with Gasteiger partial charge < -0.3 is 14.6 Å². The van der Waals surface area contributed by atoms with Crippen LogP contribution in [0, 0.1) is 12.8 Å². The van der Waals surface area contributed by atoms with E-state index in [0.717, 1.165) is 5.56 Å². The number of esters is 1. The molecule has 38 heavy (non-hydrogen) atoms. The Bertz CT molecular complexity index is 1430. The van der Waals surface area contributed by atoms with Crippen LogP contribution in [-0.2, 0) is 14.3 Å². The zero-order valence-electron chi connectivity index (χ0n) is 21.5. The van der Waals surface area contributed by atoms with Crippen molar-refractivity contribution in [3.8, 4) is 5.75 Å². The van der Waals surface area contributed by atoms with Crippen LogP contribution < -0.4 is 9.64 Å². The first-order chi connectivity index (χ1) is 18.1. The highest BCUT2D eigenvalue weighted by Gasteiger charge is 2.47. The number of hydrogen-bond donors (Lipinski definition) is 1. The summed E-state index contributed by atoms with van der Waals surface area (Å²) in [6, 6.07) is 17.4. The van der Waals surface area contributed by atoms with Crippen LogP contribution in [0.15, 0.2) is 72.3 Å². The van der Waals surface area contributed by atoms with Gasteiger partial charge in [-0.2, -0.15) is 0 Å². The van der Waals surface area contributed by atoms with Gasteiger partial charge in [-0.3, -0.25) is 14.5 Å². The molecule has 1 heterocycles. The van der Waals surface area contributed by atoms with Crippen LogP contribution in [0.5, 0.6) is 5.75 Å². The van der Waals surface area contributed by atoms with E-state index in [1.807, 2.05) is 39.0 Å². The smallest absolute Gasteiger partial charge is 0.338 e. The van der Waals surface area contributed by atoms with Crippen molar-refractivity contribution in [2.75, 3.05) is 18.6 Å². The molecule has 3 aromatic carbocycles. The number of nitrogens with zero attached hydrogens (tertiary/aromatic N) is 1. The first kappa shape index (κ1) is 26.9. The summed E-state index contributed by atoms with van der Waals surface area (Å²) in [6.07, 6.45) is 0. The molecule has 0 aliphatic carbocycles. The minimum absolute atomic E-state index is 0.101. The lowest BCUT2D eigenvalue weighted by Gasteiger charge is -2.26. The number of rotatable bonds is 7. The highest BCUT2D eigenvalue weighted by atomic mass is 35.5. The number of aliphatic hydroxyl groups excluding tert-OH is 1. The molecule has 7 nitrogen and oxygen atoms in total. The standard InChI is InChI=1S/C30H28ClNO6/c1-17(2)16-38-30(36)19-8-10-21(11-9-19)32-26(20-7-5-6-18(3)14-20)25(28(34)29(32)35)27(33)23-15-22(37-4)12-13-24(23)31/h5-15,17,26,33H,16H2,1-4H3/b27-25+. The van der Waals surface area contributed by atoms with Gasteiger partial charge in [-0.05, 0) is 60.9 Å². The summed E-state index contributed by atoms with van der Waals surface area (Å²) < 4.78 is 10.5. The second kappa shape index (κ2) is 11.1. The molecular formula is C30H28ClNO6. The van der Waals surface area contributed by atoms with Gasteiger partial charge in [-0.25, -0.2) is 4.79 Å². The Morgan fingerprint density at radius 2 is 1.76 bits per heavy atom. The molecule has 196 valence electrons. The third-order valence-corrected chi connectivity index (χ3v) is 6.49. The van der Waals surface area contributed by atoms with Crippen molar-refractivity contribution in [1.29, 1.82) is 0 Å². The maximum Gasteiger partial charge on any atom is 0.338 e. The van der Waals surface area contributed by atoms with Gasteiger partial charge in [0.1, 0.15) is 11.5 Å². The van der Waals surface area contributed by atoms with E-state index >= 15 is 0 Å². The number of carbonyl (C=O) groups is 3. The quantitative estimate of drug-likeness (QED) is 0.171. The molecule has 0 spiro atoms. The number of aryl methyl sites for hydroxylation is 1. The summed E-state index contributed by atoms with van der Waals surface area (Å²) >= 11 is 6.37. The van der Waals surface area contributed by atoms with Crippen molar-refractivity contribution in [2.24, 2.45) is 5.92 Å². The second-order valence-corrected chi connectivity index (χ2v) is 9.88.